The average molecular weight is 510 g/mol. The van der Waals surface area contributed by atoms with Gasteiger partial charge in [-0.1, -0.05) is 18.2 Å². The highest BCUT2D eigenvalue weighted by Gasteiger charge is 2.27. The van der Waals surface area contributed by atoms with Crippen LogP contribution in [0.4, 0.5) is 5.69 Å². The quantitative estimate of drug-likeness (QED) is 0.334. The van der Waals surface area contributed by atoms with Gasteiger partial charge >= 0.3 is 0 Å². The second-order valence-corrected chi connectivity index (χ2v) is 11.0. The normalized spacial score (nSPS) is 15.9. The van der Waals surface area contributed by atoms with Crippen molar-refractivity contribution in [3.05, 3.63) is 81.7 Å². The summed E-state index contributed by atoms with van der Waals surface area (Å²) in [6, 6.07) is 15.3. The molecule has 1 amide bonds. The van der Waals surface area contributed by atoms with E-state index in [1.807, 2.05) is 16.5 Å². The summed E-state index contributed by atoms with van der Waals surface area (Å²) in [5, 5.41) is 5.96. The van der Waals surface area contributed by atoms with Gasteiger partial charge in [-0.25, -0.2) is 9.67 Å². The Kier molecular flexibility index (Phi) is 6.99. The van der Waals surface area contributed by atoms with Crippen LogP contribution in [0, 0.1) is 41.5 Å². The Morgan fingerprint density at radius 1 is 0.921 bits per heavy atom. The highest BCUT2D eigenvalue weighted by atomic mass is 16.2. The van der Waals surface area contributed by atoms with Crippen LogP contribution < -0.4 is 4.90 Å². The number of piperazine rings is 1. The lowest BCUT2D eigenvalue weighted by atomic mass is 9.98. The van der Waals surface area contributed by atoms with Crippen molar-refractivity contribution in [3.63, 3.8) is 0 Å². The molecule has 2 aromatic carbocycles. The van der Waals surface area contributed by atoms with Crippen molar-refractivity contribution in [2.45, 2.75) is 67.3 Å². The Hall–Kier alpha value is -3.67. The van der Waals surface area contributed by atoms with E-state index in [1.165, 1.54) is 33.5 Å². The molecule has 0 unspecified atom stereocenters. The number of anilines is 1. The number of nitrogens with zero attached hydrogens (tertiary/aromatic N) is 5. The van der Waals surface area contributed by atoms with Gasteiger partial charge in [0.2, 0.25) is 5.91 Å². The van der Waals surface area contributed by atoms with Gasteiger partial charge in [0.15, 0.2) is 5.65 Å². The zero-order chi connectivity index (χ0) is 27.1. The molecule has 0 aliphatic carbocycles. The highest BCUT2D eigenvalue weighted by Crippen LogP contribution is 2.29. The number of hydrogen-bond donors (Lipinski definition) is 0. The third kappa shape index (κ3) is 4.80. The molecule has 2 aromatic heterocycles. The van der Waals surface area contributed by atoms with Gasteiger partial charge in [0.25, 0.3) is 0 Å². The minimum atomic E-state index is 0.224. The Labute approximate surface area is 226 Å². The van der Waals surface area contributed by atoms with Crippen molar-refractivity contribution < 1.29 is 4.79 Å². The van der Waals surface area contributed by atoms with Crippen LogP contribution in [0.2, 0.25) is 0 Å². The van der Waals surface area contributed by atoms with Gasteiger partial charge in [-0.3, -0.25) is 4.79 Å². The Balaban J connectivity index is 1.32. The number of hydrogen-bond acceptors (Lipinski definition) is 4. The molecule has 1 atom stereocenters. The molecule has 3 heterocycles. The number of aromatic nitrogens is 3. The number of aryl methyl sites for hydroxylation is 6. The van der Waals surface area contributed by atoms with E-state index in [2.05, 4.69) is 88.9 Å². The lowest BCUT2D eigenvalue weighted by molar-refractivity contribution is -0.131. The zero-order valence-corrected chi connectivity index (χ0v) is 23.8. The lowest BCUT2D eigenvalue weighted by Crippen LogP contribution is -2.53. The fourth-order valence-corrected chi connectivity index (χ4v) is 5.88. The van der Waals surface area contributed by atoms with E-state index >= 15 is 0 Å². The molecule has 0 bridgehead atoms. The fourth-order valence-electron chi connectivity index (χ4n) is 5.88. The van der Waals surface area contributed by atoms with Crippen LogP contribution >= 0.6 is 0 Å². The van der Waals surface area contributed by atoms with E-state index in [-0.39, 0.29) is 11.9 Å². The number of amides is 1. The summed E-state index contributed by atoms with van der Waals surface area (Å²) >= 11 is 0. The zero-order valence-electron chi connectivity index (χ0n) is 23.8. The number of pyridine rings is 1. The summed E-state index contributed by atoms with van der Waals surface area (Å²) in [4.78, 5) is 22.7. The maximum absolute atomic E-state index is 13.3. The molecule has 1 saturated heterocycles. The molecule has 198 valence electrons. The Morgan fingerprint density at radius 2 is 1.71 bits per heavy atom. The number of carbonyl (C=O) groups is 1. The SMILES string of the molecule is Cc1cccc(N2CCN(C(=O)CCc3c(C)nc4c(c(C)nn4-c4ccc(C)c(C)c4)c3C)C[C@H]2C)c1. The number of rotatable bonds is 5. The van der Waals surface area contributed by atoms with Crippen molar-refractivity contribution in [3.8, 4) is 5.69 Å². The monoisotopic (exact) mass is 509 g/mol. The summed E-state index contributed by atoms with van der Waals surface area (Å²) < 4.78 is 1.96. The molecule has 1 aliphatic rings. The van der Waals surface area contributed by atoms with Gasteiger partial charge in [-0.2, -0.15) is 5.10 Å². The molecule has 38 heavy (non-hydrogen) atoms. The van der Waals surface area contributed by atoms with Crippen LogP contribution in [0.1, 0.15) is 52.5 Å². The van der Waals surface area contributed by atoms with Crippen molar-refractivity contribution in [1.29, 1.82) is 0 Å². The average Bonchev–Trinajstić information content (AvgIpc) is 3.21. The van der Waals surface area contributed by atoms with E-state index in [1.54, 1.807) is 0 Å². The van der Waals surface area contributed by atoms with Crippen LogP contribution in [-0.2, 0) is 11.2 Å². The molecule has 6 nitrogen and oxygen atoms in total. The van der Waals surface area contributed by atoms with Gasteiger partial charge in [0.05, 0.1) is 11.4 Å². The molecule has 1 aliphatic heterocycles. The second-order valence-electron chi connectivity index (χ2n) is 11.0. The number of benzene rings is 2. The first kappa shape index (κ1) is 26.0. The predicted octanol–water partition coefficient (Wildman–Crippen LogP) is 5.94. The fraction of sp³-hybridized carbons (Fsp3) is 0.406. The first-order chi connectivity index (χ1) is 18.1. The summed E-state index contributed by atoms with van der Waals surface area (Å²) in [5.41, 5.74) is 11.2. The van der Waals surface area contributed by atoms with E-state index in [0.29, 0.717) is 12.8 Å². The minimum absolute atomic E-state index is 0.224. The van der Waals surface area contributed by atoms with E-state index in [9.17, 15) is 4.79 Å². The van der Waals surface area contributed by atoms with Crippen LogP contribution in [0.5, 0.6) is 0 Å². The molecule has 5 rings (SSSR count). The molecule has 0 N–H and O–H groups in total. The first-order valence-electron chi connectivity index (χ1n) is 13.7. The van der Waals surface area contributed by atoms with Crippen LogP contribution in [-0.4, -0.2) is 51.2 Å². The van der Waals surface area contributed by atoms with Crippen LogP contribution in [0.15, 0.2) is 42.5 Å². The van der Waals surface area contributed by atoms with Gasteiger partial charge in [-0.05, 0) is 107 Å². The summed E-state index contributed by atoms with van der Waals surface area (Å²) in [5.74, 6) is 0.224. The summed E-state index contributed by atoms with van der Waals surface area (Å²) in [7, 11) is 0. The smallest absolute Gasteiger partial charge is 0.223 e. The van der Waals surface area contributed by atoms with E-state index in [4.69, 9.17) is 10.1 Å². The summed E-state index contributed by atoms with van der Waals surface area (Å²) in [6.45, 7) is 17.2. The molecule has 1 fully saturated rings. The first-order valence-corrected chi connectivity index (χ1v) is 13.7. The number of carbonyl (C=O) groups excluding carboxylic acids is 1. The van der Waals surface area contributed by atoms with Gasteiger partial charge in [-0.15, -0.1) is 0 Å². The maximum Gasteiger partial charge on any atom is 0.223 e. The van der Waals surface area contributed by atoms with Crippen molar-refractivity contribution in [2.24, 2.45) is 0 Å². The molecular weight excluding hydrogens is 470 g/mol. The van der Waals surface area contributed by atoms with Crippen molar-refractivity contribution >= 4 is 22.6 Å². The minimum Gasteiger partial charge on any atom is -0.365 e. The highest BCUT2D eigenvalue weighted by molar-refractivity contribution is 5.85. The van der Waals surface area contributed by atoms with E-state index in [0.717, 1.165) is 47.7 Å². The Bertz CT molecular complexity index is 1520. The Morgan fingerprint density at radius 3 is 2.42 bits per heavy atom. The molecule has 6 heteroatoms. The van der Waals surface area contributed by atoms with Gasteiger partial charge in [0, 0.05) is 48.9 Å². The molecule has 0 saturated carbocycles. The number of fused-ring (bicyclic) bond motifs is 1. The van der Waals surface area contributed by atoms with Gasteiger partial charge in [0.1, 0.15) is 0 Å². The summed E-state index contributed by atoms with van der Waals surface area (Å²) in [6.07, 6.45) is 1.19. The lowest BCUT2D eigenvalue weighted by Gasteiger charge is -2.41. The third-order valence-corrected chi connectivity index (χ3v) is 8.21. The predicted molar refractivity (Wildman–Crippen MR) is 155 cm³/mol. The molecule has 4 aromatic rings. The third-order valence-electron chi connectivity index (χ3n) is 8.21. The second kappa shape index (κ2) is 10.2. The molecular formula is C32H39N5O. The molecule has 0 spiro atoms. The largest absolute Gasteiger partial charge is 0.365 e. The van der Waals surface area contributed by atoms with Crippen LogP contribution in [0.25, 0.3) is 16.7 Å². The van der Waals surface area contributed by atoms with Gasteiger partial charge < -0.3 is 9.80 Å². The van der Waals surface area contributed by atoms with Crippen molar-refractivity contribution in [2.75, 3.05) is 24.5 Å². The standard InChI is InChI=1S/C32H39N5O/c1-20-9-8-10-27(17-20)36-16-15-35(19-23(36)4)30(38)14-13-29-24(5)31-26(7)34-37(32(31)33-25(29)6)28-12-11-21(2)22(3)18-28/h8-12,17-18,23H,13-16,19H2,1-7H3/t23-/m1/s1. The maximum atomic E-state index is 13.3. The molecule has 0 radical (unpaired) electrons. The van der Waals surface area contributed by atoms with Crippen molar-refractivity contribution in [1.82, 2.24) is 19.7 Å². The van der Waals surface area contributed by atoms with Crippen LogP contribution in [0.3, 0.4) is 0 Å². The van der Waals surface area contributed by atoms with E-state index < -0.39 is 0 Å². The topological polar surface area (TPSA) is 54.3 Å².